The summed E-state index contributed by atoms with van der Waals surface area (Å²) in [5.41, 5.74) is 9.34. The van der Waals surface area contributed by atoms with E-state index in [0.717, 1.165) is 5.57 Å². The molecule has 15 atom stereocenters. The molecule has 4 fully saturated rings. The van der Waals surface area contributed by atoms with Gasteiger partial charge in [0.1, 0.15) is 35.8 Å². The number of anilines is 1. The predicted molar refractivity (Wildman–Crippen MR) is 354 cm³/mol. The van der Waals surface area contributed by atoms with Gasteiger partial charge in [-0.15, -0.1) is 0 Å². The van der Waals surface area contributed by atoms with Crippen LogP contribution in [0.25, 0.3) is 22.2 Å². The van der Waals surface area contributed by atoms with Crippen LogP contribution in [-0.4, -0.2) is 171 Å². The third-order valence-corrected chi connectivity index (χ3v) is 20.3. The first-order valence-electron chi connectivity index (χ1n) is 33.9. The lowest BCUT2D eigenvalue weighted by molar-refractivity contribution is -0.266. The number of aliphatic hydroxyl groups is 3. The minimum atomic E-state index is -2.54. The van der Waals surface area contributed by atoms with Crippen molar-refractivity contribution >= 4 is 46.2 Å². The van der Waals surface area contributed by atoms with E-state index in [2.05, 4.69) is 15.0 Å². The largest absolute Gasteiger partial charge is 0.481 e. The number of pyridine rings is 2. The van der Waals surface area contributed by atoms with Crippen molar-refractivity contribution in [3.63, 3.8) is 0 Å². The van der Waals surface area contributed by atoms with E-state index in [9.17, 15) is 44.1 Å². The molecular weight excluding hydrogens is 1200 g/mol. The maximum absolute atomic E-state index is 14.7. The number of Topliss-reactive ketones (excluding diaryl/α,β-unsaturated/α-hetero) is 3. The average Bonchev–Trinajstić information content (AvgIpc) is 0.760. The van der Waals surface area contributed by atoms with E-state index >= 15 is 0 Å². The quantitative estimate of drug-likeness (QED) is 0.0537. The molecule has 2 saturated carbocycles. The second kappa shape index (κ2) is 33.5. The van der Waals surface area contributed by atoms with Gasteiger partial charge in [0.25, 0.3) is 17.2 Å². The van der Waals surface area contributed by atoms with Gasteiger partial charge >= 0.3 is 5.97 Å². The predicted octanol–water partition coefficient (Wildman–Crippen LogP) is 8.82. The van der Waals surface area contributed by atoms with Gasteiger partial charge in [-0.05, 0) is 152 Å². The first-order chi connectivity index (χ1) is 44.8. The van der Waals surface area contributed by atoms with E-state index in [1.54, 1.807) is 62.9 Å². The molecule has 1 amide bonds. The lowest BCUT2D eigenvalue weighted by Crippen LogP contribution is -2.61. The molecule has 516 valence electrons. The van der Waals surface area contributed by atoms with Crippen molar-refractivity contribution in [2.45, 2.75) is 225 Å². The summed E-state index contributed by atoms with van der Waals surface area (Å²) in [5.74, 6) is -8.07. The number of ether oxygens (including phenoxy) is 7. The Morgan fingerprint density at radius 2 is 1.56 bits per heavy atom. The fraction of sp³-hybridized carbons (Fsp3) is 0.653. The van der Waals surface area contributed by atoms with Crippen molar-refractivity contribution in [1.29, 1.82) is 0 Å². The van der Waals surface area contributed by atoms with Gasteiger partial charge in [-0.1, -0.05) is 71.1 Å². The standard InChI is InChI=1S/C72H102N6O16/c1-41-17-13-12-14-18-42(2)59(92-32-31-91-52-26-23-51(24-27-52)78-67-54(48(8)75-71(73)76-67)38-55(68(78)84)50-22-29-62(89-10)74-40-50)37-53-25-20-47(7)72(87,94-53)66(83)69(85)77-30-16-15-19-56(77)70(86)93-60(44(4)35-49-21-28-57(79)61(36-49)88-9)39-58(80)43(3)34-46(6)64(82)65(90-11)63(81)45(5)33-41/h12-14,17-18,22,29,34,38,40-41,43-45,47,49,51-53,56-57,59-61,64-65,79,82,87H,15-16,19-21,23-28,30-33,35-37,39H2,1-11H3,(H2,73,75,76)/b14-12+,17-13+,42-18-,46-34+/t41-,43-,44?,45-,47-,49-,51-,52-,53+,56?,57-,59-,60+,61-,64-,65+,72-/m1/s1. The topological polar surface area (TPSA) is 301 Å². The second-order valence-electron chi connectivity index (χ2n) is 27.3. The minimum absolute atomic E-state index is 0.0393. The van der Waals surface area contributed by atoms with Crippen molar-refractivity contribution in [3.05, 3.63) is 88.0 Å². The Labute approximate surface area is 553 Å². The van der Waals surface area contributed by atoms with Crippen LogP contribution in [0.2, 0.25) is 0 Å². The lowest BCUT2D eigenvalue weighted by atomic mass is 9.78. The number of nitrogens with two attached hydrogens (primary N) is 1. The van der Waals surface area contributed by atoms with Gasteiger partial charge in [0.15, 0.2) is 5.78 Å². The number of hydrogen-bond acceptors (Lipinski definition) is 20. The molecule has 6 heterocycles. The van der Waals surface area contributed by atoms with E-state index in [1.165, 1.54) is 19.1 Å². The lowest BCUT2D eigenvalue weighted by Gasteiger charge is -2.43. The van der Waals surface area contributed by atoms with Crippen LogP contribution in [0.5, 0.6) is 5.88 Å². The van der Waals surface area contributed by atoms with Crippen LogP contribution in [-0.2, 0) is 52.4 Å². The molecule has 94 heavy (non-hydrogen) atoms. The molecule has 5 aliphatic rings. The Balaban J connectivity index is 1.01. The number of piperidine rings is 1. The normalized spacial score (nSPS) is 34.1. The van der Waals surface area contributed by atoms with E-state index in [4.69, 9.17) is 38.9 Å². The van der Waals surface area contributed by atoms with Gasteiger partial charge in [-0.3, -0.25) is 28.5 Å². The number of allylic oxidation sites excluding steroid dienone is 6. The number of rotatable bonds is 13. The van der Waals surface area contributed by atoms with Gasteiger partial charge in [0.05, 0.1) is 56.5 Å². The van der Waals surface area contributed by atoms with Gasteiger partial charge in [0.2, 0.25) is 17.6 Å². The van der Waals surface area contributed by atoms with Crippen LogP contribution in [0.4, 0.5) is 5.95 Å². The molecule has 8 rings (SSSR count). The molecule has 5 N–H and O–H groups in total. The summed E-state index contributed by atoms with van der Waals surface area (Å²) in [6.45, 7) is 14.9. The summed E-state index contributed by atoms with van der Waals surface area (Å²) in [5, 5.41) is 35.4. The Bertz CT molecular complexity index is 3300. The molecule has 3 aromatic heterocycles. The number of nitrogen functional groups attached to an aromatic ring is 1. The highest BCUT2D eigenvalue weighted by Gasteiger charge is 2.53. The summed E-state index contributed by atoms with van der Waals surface area (Å²) in [4.78, 5) is 101. The highest BCUT2D eigenvalue weighted by atomic mass is 16.6. The Kier molecular flexibility index (Phi) is 26.2. The number of fused-ring (bicyclic) bond motifs is 4. The van der Waals surface area contributed by atoms with Crippen molar-refractivity contribution in [2.24, 2.45) is 35.5 Å². The number of aromatic nitrogens is 4. The van der Waals surface area contributed by atoms with Crippen molar-refractivity contribution in [1.82, 2.24) is 24.4 Å². The number of nitrogens with zero attached hydrogens (tertiary/aromatic N) is 5. The molecule has 2 unspecified atom stereocenters. The maximum Gasteiger partial charge on any atom is 0.329 e. The molecule has 22 nitrogen and oxygen atoms in total. The molecule has 2 bridgehead atoms. The molecule has 22 heteroatoms. The monoisotopic (exact) mass is 1310 g/mol. The number of cyclic esters (lactones) is 1. The molecule has 2 saturated heterocycles. The van der Waals surface area contributed by atoms with Crippen molar-refractivity contribution < 1.29 is 72.5 Å². The number of methoxy groups -OCH3 is 3. The molecule has 0 spiro atoms. The maximum atomic E-state index is 14.7. The zero-order valence-electron chi connectivity index (χ0n) is 56.9. The fourth-order valence-electron chi connectivity index (χ4n) is 14.5. The summed E-state index contributed by atoms with van der Waals surface area (Å²) in [6.07, 6.45) is 14.1. The summed E-state index contributed by atoms with van der Waals surface area (Å²) < 4.78 is 44.2. The number of aliphatic hydroxyl groups excluding tert-OH is 2. The highest BCUT2D eigenvalue weighted by Crippen LogP contribution is 2.39. The third kappa shape index (κ3) is 18.0. The van der Waals surface area contributed by atoms with Crippen LogP contribution in [0.3, 0.4) is 0 Å². The summed E-state index contributed by atoms with van der Waals surface area (Å²) in [6, 6.07) is 3.91. The van der Waals surface area contributed by atoms with Gasteiger partial charge in [-0.25, -0.2) is 14.8 Å². The number of carbonyl (C=O) groups is 5. The number of ketones is 3. The highest BCUT2D eigenvalue weighted by molar-refractivity contribution is 6.39. The van der Waals surface area contributed by atoms with Crippen molar-refractivity contribution in [2.75, 3.05) is 46.8 Å². The summed E-state index contributed by atoms with van der Waals surface area (Å²) in [7, 11) is 4.47. The van der Waals surface area contributed by atoms with Crippen LogP contribution in [0.1, 0.15) is 163 Å². The summed E-state index contributed by atoms with van der Waals surface area (Å²) >= 11 is 0. The van der Waals surface area contributed by atoms with E-state index in [1.807, 2.05) is 65.0 Å². The number of hydrogen-bond donors (Lipinski definition) is 4. The molecule has 3 aliphatic heterocycles. The van der Waals surface area contributed by atoms with Gasteiger partial charge in [-0.2, -0.15) is 4.98 Å². The zero-order valence-corrected chi connectivity index (χ0v) is 56.9. The molecule has 0 radical (unpaired) electrons. The van der Waals surface area contributed by atoms with E-state index in [0.29, 0.717) is 123 Å². The van der Waals surface area contributed by atoms with Crippen molar-refractivity contribution in [3.8, 4) is 17.0 Å². The minimum Gasteiger partial charge on any atom is -0.481 e. The molecular formula is C72H102N6O16. The molecule has 2 aliphatic carbocycles. The van der Waals surface area contributed by atoms with E-state index < -0.39 is 83.9 Å². The Morgan fingerprint density at radius 3 is 2.27 bits per heavy atom. The number of amides is 1. The first-order valence-corrected chi connectivity index (χ1v) is 33.9. The third-order valence-electron chi connectivity index (χ3n) is 20.3. The number of aryl methyl sites for hydroxylation is 1. The van der Waals surface area contributed by atoms with Gasteiger partial charge < -0.3 is 59.1 Å². The van der Waals surface area contributed by atoms with E-state index in [-0.39, 0.29) is 98.1 Å². The second-order valence-corrected chi connectivity index (χ2v) is 27.3. The number of carbonyl (C=O) groups excluding carboxylic acids is 5. The molecule has 3 aromatic rings. The van der Waals surface area contributed by atoms with Crippen LogP contribution in [0, 0.1) is 42.4 Å². The smallest absolute Gasteiger partial charge is 0.329 e. The van der Waals surface area contributed by atoms with Crippen LogP contribution in [0.15, 0.2) is 76.8 Å². The van der Waals surface area contributed by atoms with Crippen LogP contribution < -0.4 is 16.0 Å². The Hall–Kier alpha value is -6.37. The SMILES string of the molecule is COc1ccc(-c2cc3c(C)nc(N)nc3n([C@H]3CC[C@H](OCCO[C@@H]4C[C@@H]5CC[C@@H](C)[C@@](O)(O5)C(=O)C(=O)N5CCCCC5C(=O)O[C@H](C(C)C[C@H]5CC[C@@H](O)[C@H](OC)C5)CC(=O)[C@H](C)/C=C(\C)[C@@H](O)[C@@H](OC)C(=O)[C@H](C)C[C@H](C)/C=C/C=C/C=C\4C)CC3)c2=O)cn1. The molecule has 0 aromatic carbocycles. The van der Waals surface area contributed by atoms with Crippen LogP contribution >= 0.6 is 0 Å². The Morgan fingerprint density at radius 1 is 0.819 bits per heavy atom. The van der Waals surface area contributed by atoms with Gasteiger partial charge in [0, 0.05) is 86.2 Å². The number of esters is 1. The average molecular weight is 1310 g/mol. The first kappa shape index (κ1) is 73.4. The fourth-order valence-corrected chi connectivity index (χ4v) is 14.5. The zero-order chi connectivity index (χ0) is 68.1.